The normalized spacial score (nSPS) is 12.5. The van der Waals surface area contributed by atoms with Crippen molar-refractivity contribution >= 4 is 22.8 Å². The van der Waals surface area contributed by atoms with Gasteiger partial charge < -0.3 is 9.90 Å². The van der Waals surface area contributed by atoms with Crippen LogP contribution >= 0.6 is 11.6 Å². The van der Waals surface area contributed by atoms with Crippen LogP contribution in [-0.2, 0) is 9.59 Å². The molecule has 0 N–H and O–H groups in total. The van der Waals surface area contributed by atoms with Crippen LogP contribution in [0.25, 0.3) is 0 Å². The van der Waals surface area contributed by atoms with Crippen LogP contribution in [0.15, 0.2) is 0 Å². The van der Waals surface area contributed by atoms with E-state index in [1.807, 2.05) is 0 Å². The van der Waals surface area contributed by atoms with E-state index >= 15 is 0 Å². The molecule has 0 spiro atoms. The van der Waals surface area contributed by atoms with E-state index in [1.54, 1.807) is 6.92 Å². The van der Waals surface area contributed by atoms with Crippen molar-refractivity contribution < 1.29 is 14.7 Å². The first-order chi connectivity index (χ1) is 5.57. The summed E-state index contributed by atoms with van der Waals surface area (Å²) in [6, 6.07) is 0. The quantitative estimate of drug-likeness (QED) is 0.581. The Morgan fingerprint density at radius 3 is 2.42 bits per heavy atom. The van der Waals surface area contributed by atoms with Gasteiger partial charge in [-0.3, -0.25) is 4.79 Å². The zero-order chi connectivity index (χ0) is 9.56. The van der Waals surface area contributed by atoms with E-state index in [0.717, 1.165) is 0 Å². The summed E-state index contributed by atoms with van der Waals surface area (Å²) >= 11 is 5.08. The fourth-order valence-electron chi connectivity index (χ4n) is 0.976. The second-order valence-electron chi connectivity index (χ2n) is 2.67. The minimum atomic E-state index is -1.04. The van der Waals surface area contributed by atoms with E-state index in [4.69, 9.17) is 11.6 Å². The SMILES string of the molecule is CCC(CCCC(=O)Cl)C(=O)[O-]. The molecule has 0 fully saturated rings. The molecule has 3 nitrogen and oxygen atoms in total. The second kappa shape index (κ2) is 6.00. The molecule has 1 atom stereocenters. The molecule has 0 aliphatic heterocycles. The van der Waals surface area contributed by atoms with Crippen LogP contribution in [0.3, 0.4) is 0 Å². The number of carbonyl (C=O) groups is 2. The summed E-state index contributed by atoms with van der Waals surface area (Å²) in [5.41, 5.74) is 0. The zero-order valence-corrected chi connectivity index (χ0v) is 7.76. The Hall–Kier alpha value is -0.570. The fraction of sp³-hybridized carbons (Fsp3) is 0.750. The molecule has 0 aromatic carbocycles. The van der Waals surface area contributed by atoms with Crippen molar-refractivity contribution in [3.05, 3.63) is 0 Å². The molecule has 0 amide bonds. The number of halogens is 1. The Morgan fingerprint density at radius 2 is 2.08 bits per heavy atom. The van der Waals surface area contributed by atoms with Crippen molar-refractivity contribution in [1.29, 1.82) is 0 Å². The van der Waals surface area contributed by atoms with Gasteiger partial charge in [-0.05, 0) is 36.8 Å². The molecule has 0 aromatic rings. The highest BCUT2D eigenvalue weighted by Crippen LogP contribution is 2.12. The monoisotopic (exact) mass is 191 g/mol. The molecule has 12 heavy (non-hydrogen) atoms. The van der Waals surface area contributed by atoms with E-state index in [0.29, 0.717) is 19.3 Å². The number of carboxylic acid groups (broad SMARTS) is 1. The zero-order valence-electron chi connectivity index (χ0n) is 7.01. The molecule has 0 rings (SSSR count). The average molecular weight is 192 g/mol. The van der Waals surface area contributed by atoms with Gasteiger partial charge in [0.1, 0.15) is 0 Å². The molecule has 0 saturated heterocycles. The van der Waals surface area contributed by atoms with Gasteiger partial charge in [0, 0.05) is 12.4 Å². The number of rotatable bonds is 6. The van der Waals surface area contributed by atoms with Gasteiger partial charge in [-0.2, -0.15) is 0 Å². The van der Waals surface area contributed by atoms with Gasteiger partial charge in [0.2, 0.25) is 5.24 Å². The molecule has 70 valence electrons. The smallest absolute Gasteiger partial charge is 0.221 e. The maximum absolute atomic E-state index is 10.4. The summed E-state index contributed by atoms with van der Waals surface area (Å²) in [6.07, 6.45) is 1.77. The lowest BCUT2D eigenvalue weighted by Crippen LogP contribution is -2.30. The molecule has 0 radical (unpaired) electrons. The maximum Gasteiger partial charge on any atom is 0.221 e. The summed E-state index contributed by atoms with van der Waals surface area (Å²) in [5.74, 6) is -1.49. The standard InChI is InChI=1S/C8H13ClO3/c1-2-6(8(11)12)4-3-5-7(9)10/h6H,2-5H2,1H3,(H,11,12)/p-1. The summed E-state index contributed by atoms with van der Waals surface area (Å²) in [6.45, 7) is 1.78. The average Bonchev–Trinajstić information content (AvgIpc) is 1.96. The van der Waals surface area contributed by atoms with Gasteiger partial charge in [0.15, 0.2) is 0 Å². The summed E-state index contributed by atoms with van der Waals surface area (Å²) < 4.78 is 0. The molecule has 4 heteroatoms. The Labute approximate surface area is 76.7 Å². The van der Waals surface area contributed by atoms with E-state index in [9.17, 15) is 14.7 Å². The molecule has 0 aliphatic carbocycles. The summed E-state index contributed by atoms with van der Waals surface area (Å²) in [7, 11) is 0. The first-order valence-electron chi connectivity index (χ1n) is 3.97. The number of carboxylic acids is 1. The molecule has 1 unspecified atom stereocenters. The van der Waals surface area contributed by atoms with E-state index in [-0.39, 0.29) is 6.42 Å². The highest BCUT2D eigenvalue weighted by Gasteiger charge is 2.07. The van der Waals surface area contributed by atoms with Crippen molar-refractivity contribution in [3.8, 4) is 0 Å². The van der Waals surface area contributed by atoms with Crippen LogP contribution < -0.4 is 5.11 Å². The first kappa shape index (κ1) is 11.4. The third-order valence-electron chi connectivity index (χ3n) is 1.75. The van der Waals surface area contributed by atoms with E-state index in [1.165, 1.54) is 0 Å². The largest absolute Gasteiger partial charge is 0.550 e. The molecular formula is C8H12ClO3-. The first-order valence-corrected chi connectivity index (χ1v) is 4.35. The Kier molecular flexibility index (Phi) is 5.72. The molecule has 0 heterocycles. The highest BCUT2D eigenvalue weighted by atomic mass is 35.5. The third kappa shape index (κ3) is 5.13. The van der Waals surface area contributed by atoms with Crippen LogP contribution in [0.1, 0.15) is 32.6 Å². The molecule has 0 aliphatic rings. The van der Waals surface area contributed by atoms with E-state index < -0.39 is 17.1 Å². The lowest BCUT2D eigenvalue weighted by Gasteiger charge is -2.14. The van der Waals surface area contributed by atoms with Crippen LogP contribution in [-0.4, -0.2) is 11.2 Å². The van der Waals surface area contributed by atoms with Gasteiger partial charge in [0.25, 0.3) is 0 Å². The number of aliphatic carboxylic acids is 1. The van der Waals surface area contributed by atoms with Crippen LogP contribution in [0.2, 0.25) is 0 Å². The van der Waals surface area contributed by atoms with Crippen LogP contribution in [0.5, 0.6) is 0 Å². The Bertz CT molecular complexity index is 168. The minimum Gasteiger partial charge on any atom is -0.550 e. The Morgan fingerprint density at radius 1 is 1.50 bits per heavy atom. The molecule has 0 bridgehead atoms. The number of carbonyl (C=O) groups excluding carboxylic acids is 2. The number of hydrogen-bond donors (Lipinski definition) is 0. The fourth-order valence-corrected chi connectivity index (χ4v) is 1.11. The molecule has 0 saturated carbocycles. The lowest BCUT2D eigenvalue weighted by molar-refractivity contribution is -0.311. The lowest BCUT2D eigenvalue weighted by atomic mass is 10.00. The van der Waals surface area contributed by atoms with Gasteiger partial charge >= 0.3 is 0 Å². The maximum atomic E-state index is 10.4. The Balaban J connectivity index is 3.59. The van der Waals surface area contributed by atoms with Crippen molar-refractivity contribution in [2.75, 3.05) is 0 Å². The predicted molar refractivity (Wildman–Crippen MR) is 43.5 cm³/mol. The molecular weight excluding hydrogens is 180 g/mol. The minimum absolute atomic E-state index is 0.241. The molecule has 0 aromatic heterocycles. The van der Waals surface area contributed by atoms with Gasteiger partial charge in [-0.15, -0.1) is 0 Å². The van der Waals surface area contributed by atoms with Gasteiger partial charge in [-0.25, -0.2) is 0 Å². The topological polar surface area (TPSA) is 57.2 Å². The highest BCUT2D eigenvalue weighted by molar-refractivity contribution is 6.63. The van der Waals surface area contributed by atoms with Crippen LogP contribution in [0.4, 0.5) is 0 Å². The van der Waals surface area contributed by atoms with Crippen molar-refractivity contribution in [3.63, 3.8) is 0 Å². The summed E-state index contributed by atoms with van der Waals surface area (Å²) in [4.78, 5) is 20.7. The third-order valence-corrected chi connectivity index (χ3v) is 1.94. The van der Waals surface area contributed by atoms with Crippen molar-refractivity contribution in [2.24, 2.45) is 5.92 Å². The summed E-state index contributed by atoms with van der Waals surface area (Å²) in [5, 5.41) is 9.96. The van der Waals surface area contributed by atoms with Gasteiger partial charge in [0.05, 0.1) is 0 Å². The number of hydrogen-bond acceptors (Lipinski definition) is 3. The van der Waals surface area contributed by atoms with Crippen molar-refractivity contribution in [1.82, 2.24) is 0 Å². The van der Waals surface area contributed by atoms with E-state index in [2.05, 4.69) is 0 Å². The second-order valence-corrected chi connectivity index (χ2v) is 3.09. The predicted octanol–water partition coefficient (Wildman–Crippen LogP) is 0.698. The van der Waals surface area contributed by atoms with Crippen LogP contribution in [0, 0.1) is 5.92 Å². The van der Waals surface area contributed by atoms with Gasteiger partial charge in [-0.1, -0.05) is 6.92 Å². The van der Waals surface area contributed by atoms with Crippen molar-refractivity contribution in [2.45, 2.75) is 32.6 Å².